The van der Waals surface area contributed by atoms with Crippen molar-refractivity contribution in [2.45, 2.75) is 0 Å². The topological polar surface area (TPSA) is 102 Å². The molecule has 2 N–H and O–H groups in total. The van der Waals surface area contributed by atoms with Gasteiger partial charge in [-0.1, -0.05) is 12.1 Å². The lowest BCUT2D eigenvalue weighted by Gasteiger charge is -2.17. The smallest absolute Gasteiger partial charge is 0.292 e. The van der Waals surface area contributed by atoms with E-state index in [1.54, 1.807) is 30.3 Å². The number of fused-ring (bicyclic) bond motifs is 2. The summed E-state index contributed by atoms with van der Waals surface area (Å²) in [6, 6.07) is 9.99. The predicted octanol–water partition coefficient (Wildman–Crippen LogP) is 2.99. The molecule has 8 heteroatoms. The van der Waals surface area contributed by atoms with Gasteiger partial charge in [-0.3, -0.25) is 10.1 Å². The van der Waals surface area contributed by atoms with E-state index in [2.05, 4.69) is 15.3 Å². The van der Waals surface area contributed by atoms with Gasteiger partial charge in [0.15, 0.2) is 11.5 Å². The van der Waals surface area contributed by atoms with Crippen LogP contribution in [0.25, 0.3) is 11.0 Å². The molecule has 2 aromatic carbocycles. The monoisotopic (exact) mass is 312 g/mol. The van der Waals surface area contributed by atoms with Crippen molar-refractivity contribution in [3.63, 3.8) is 0 Å². The summed E-state index contributed by atoms with van der Waals surface area (Å²) in [5.41, 5.74) is 1.80. The van der Waals surface area contributed by atoms with Crippen LogP contribution in [0.4, 0.5) is 17.3 Å². The Morgan fingerprint density at radius 1 is 1.17 bits per heavy atom. The van der Waals surface area contributed by atoms with E-state index in [1.807, 2.05) is 0 Å². The quantitative estimate of drug-likeness (QED) is 0.569. The lowest BCUT2D eigenvalue weighted by molar-refractivity contribution is -0.383. The number of nitro benzene ring substituents is 1. The molecule has 1 aliphatic rings. The van der Waals surface area contributed by atoms with E-state index in [1.165, 1.54) is 6.07 Å². The number of aromatic nitrogens is 2. The van der Waals surface area contributed by atoms with Crippen LogP contribution < -0.4 is 14.8 Å². The zero-order valence-electron chi connectivity index (χ0n) is 11.9. The van der Waals surface area contributed by atoms with Gasteiger partial charge in [0.25, 0.3) is 5.69 Å². The van der Waals surface area contributed by atoms with Crippen LogP contribution in [-0.4, -0.2) is 28.1 Å². The van der Waals surface area contributed by atoms with Crippen LogP contribution in [0.1, 0.15) is 0 Å². The molecule has 0 spiro atoms. The predicted molar refractivity (Wildman–Crippen MR) is 83.5 cm³/mol. The Morgan fingerprint density at radius 2 is 1.91 bits per heavy atom. The molecule has 0 atom stereocenters. The summed E-state index contributed by atoms with van der Waals surface area (Å²) >= 11 is 0. The summed E-state index contributed by atoms with van der Waals surface area (Å²) in [5.74, 6) is 1.72. The molecule has 2 heterocycles. The van der Waals surface area contributed by atoms with Crippen molar-refractivity contribution in [1.82, 2.24) is 9.97 Å². The Morgan fingerprint density at radius 3 is 2.70 bits per heavy atom. The molecule has 0 unspecified atom stereocenters. The van der Waals surface area contributed by atoms with Crippen LogP contribution in [0, 0.1) is 10.1 Å². The minimum absolute atomic E-state index is 0.0149. The number of nitrogens with one attached hydrogen (secondary N) is 2. The molecule has 0 aliphatic carbocycles. The molecule has 0 saturated carbocycles. The Balaban J connectivity index is 1.71. The van der Waals surface area contributed by atoms with Gasteiger partial charge in [0.05, 0.1) is 16.0 Å². The third kappa shape index (κ3) is 2.39. The number of nitro groups is 1. The first-order chi connectivity index (χ1) is 11.2. The van der Waals surface area contributed by atoms with Crippen LogP contribution in [0.3, 0.4) is 0 Å². The number of nitrogens with zero attached hydrogens (tertiary/aromatic N) is 2. The van der Waals surface area contributed by atoms with Crippen molar-refractivity contribution in [3.05, 3.63) is 46.5 Å². The molecular formula is C15H12N4O4. The van der Waals surface area contributed by atoms with Crippen molar-refractivity contribution in [1.29, 1.82) is 0 Å². The van der Waals surface area contributed by atoms with Crippen molar-refractivity contribution in [3.8, 4) is 11.5 Å². The van der Waals surface area contributed by atoms with Gasteiger partial charge in [-0.25, -0.2) is 4.98 Å². The molecule has 1 aromatic heterocycles. The average molecular weight is 312 g/mol. The lowest BCUT2D eigenvalue weighted by Crippen LogP contribution is -2.15. The summed E-state index contributed by atoms with van der Waals surface area (Å²) < 4.78 is 11.0. The highest BCUT2D eigenvalue weighted by molar-refractivity contribution is 5.83. The summed E-state index contributed by atoms with van der Waals surface area (Å²) in [6.07, 6.45) is 0. The number of anilines is 2. The van der Waals surface area contributed by atoms with Crippen LogP contribution in [0.2, 0.25) is 0 Å². The van der Waals surface area contributed by atoms with Crippen molar-refractivity contribution >= 4 is 28.4 Å². The van der Waals surface area contributed by atoms with Gasteiger partial charge in [-0.15, -0.1) is 0 Å². The number of rotatable bonds is 3. The van der Waals surface area contributed by atoms with E-state index in [9.17, 15) is 10.1 Å². The first kappa shape index (κ1) is 13.4. The van der Waals surface area contributed by atoms with E-state index in [0.29, 0.717) is 41.9 Å². The molecule has 0 radical (unpaired) electrons. The van der Waals surface area contributed by atoms with E-state index in [0.717, 1.165) is 5.52 Å². The number of hydrogen-bond donors (Lipinski definition) is 2. The third-order valence-electron chi connectivity index (χ3n) is 3.50. The maximum absolute atomic E-state index is 11.1. The lowest BCUT2D eigenvalue weighted by atomic mass is 10.2. The summed E-state index contributed by atoms with van der Waals surface area (Å²) in [5, 5.41) is 14.0. The van der Waals surface area contributed by atoms with Crippen molar-refractivity contribution in [2.75, 3.05) is 18.5 Å². The number of imidazole rings is 1. The Kier molecular flexibility index (Phi) is 3.00. The molecule has 0 bridgehead atoms. The van der Waals surface area contributed by atoms with Crippen molar-refractivity contribution in [2.24, 2.45) is 0 Å². The number of benzene rings is 2. The van der Waals surface area contributed by atoms with Gasteiger partial charge in [0.1, 0.15) is 18.9 Å². The number of para-hydroxylation sites is 2. The van der Waals surface area contributed by atoms with Gasteiger partial charge in [0.2, 0.25) is 5.95 Å². The summed E-state index contributed by atoms with van der Waals surface area (Å²) in [6.45, 7) is 1.01. The molecule has 1 aliphatic heterocycles. The van der Waals surface area contributed by atoms with E-state index in [4.69, 9.17) is 9.47 Å². The molecule has 8 nitrogen and oxygen atoms in total. The third-order valence-corrected chi connectivity index (χ3v) is 3.50. The summed E-state index contributed by atoms with van der Waals surface area (Å²) in [4.78, 5) is 18.1. The largest absolute Gasteiger partial charge is 0.486 e. The van der Waals surface area contributed by atoms with E-state index in [-0.39, 0.29) is 5.69 Å². The molecule has 0 saturated heterocycles. The Bertz CT molecular complexity index is 863. The fraction of sp³-hybridized carbons (Fsp3) is 0.133. The summed E-state index contributed by atoms with van der Waals surface area (Å²) in [7, 11) is 0. The number of hydrogen-bond acceptors (Lipinski definition) is 6. The first-order valence-corrected chi connectivity index (χ1v) is 7.00. The molecule has 4 rings (SSSR count). The fourth-order valence-electron chi connectivity index (χ4n) is 2.47. The minimum Gasteiger partial charge on any atom is -0.486 e. The number of aromatic amines is 1. The number of H-pyrrole nitrogens is 1. The second-order valence-corrected chi connectivity index (χ2v) is 5.00. The Labute approximate surface area is 130 Å². The van der Waals surface area contributed by atoms with Crippen LogP contribution in [-0.2, 0) is 0 Å². The molecule has 3 aromatic rings. The highest BCUT2D eigenvalue weighted by Gasteiger charge is 2.17. The van der Waals surface area contributed by atoms with Crippen LogP contribution >= 0.6 is 0 Å². The zero-order valence-corrected chi connectivity index (χ0v) is 11.9. The molecule has 0 amide bonds. The highest BCUT2D eigenvalue weighted by atomic mass is 16.6. The fourth-order valence-corrected chi connectivity index (χ4v) is 2.47. The van der Waals surface area contributed by atoms with Crippen molar-refractivity contribution < 1.29 is 14.4 Å². The van der Waals surface area contributed by atoms with Gasteiger partial charge >= 0.3 is 0 Å². The first-order valence-electron chi connectivity index (χ1n) is 7.00. The van der Waals surface area contributed by atoms with Gasteiger partial charge in [-0.05, 0) is 6.07 Å². The van der Waals surface area contributed by atoms with Gasteiger partial charge in [0, 0.05) is 18.2 Å². The van der Waals surface area contributed by atoms with Gasteiger partial charge in [-0.2, -0.15) is 0 Å². The second kappa shape index (κ2) is 5.16. The molecule has 23 heavy (non-hydrogen) atoms. The van der Waals surface area contributed by atoms with E-state index < -0.39 is 4.92 Å². The molecule has 0 fully saturated rings. The average Bonchev–Trinajstić information content (AvgIpc) is 2.93. The standard InChI is InChI=1S/C15H12N4O4/c20-19(21)12-4-2-1-3-9(12)16-15-17-10-7-13-14(8-11(10)18-15)23-6-5-22-13/h1-4,7-8H,5-6H2,(H2,16,17,18). The second-order valence-electron chi connectivity index (χ2n) is 5.00. The highest BCUT2D eigenvalue weighted by Crippen LogP contribution is 2.35. The zero-order chi connectivity index (χ0) is 15.8. The normalized spacial score (nSPS) is 13.0. The minimum atomic E-state index is -0.439. The Hall–Kier alpha value is -3.29. The van der Waals surface area contributed by atoms with Crippen LogP contribution in [0.15, 0.2) is 36.4 Å². The van der Waals surface area contributed by atoms with E-state index >= 15 is 0 Å². The SMILES string of the molecule is O=[N+]([O-])c1ccccc1Nc1nc2cc3c(cc2[nH]1)OCCO3. The van der Waals surface area contributed by atoms with Crippen LogP contribution in [0.5, 0.6) is 11.5 Å². The van der Waals surface area contributed by atoms with Gasteiger partial charge < -0.3 is 19.8 Å². The molecular weight excluding hydrogens is 300 g/mol. The maximum Gasteiger partial charge on any atom is 0.292 e. The maximum atomic E-state index is 11.1. The molecule has 116 valence electrons. The number of ether oxygens (including phenoxy) is 2.